The first-order chi connectivity index (χ1) is 15.0. The lowest BCUT2D eigenvalue weighted by atomic mass is 10.0. The first kappa shape index (κ1) is 21.4. The Labute approximate surface area is 185 Å². The zero-order valence-electron chi connectivity index (χ0n) is 17.8. The van der Waals surface area contributed by atoms with Crippen molar-refractivity contribution in [2.75, 3.05) is 33.8 Å². The van der Waals surface area contributed by atoms with Crippen LogP contribution in [0.3, 0.4) is 0 Å². The smallest absolute Gasteiger partial charge is 0.263 e. The molecule has 0 spiro atoms. The highest BCUT2D eigenvalue weighted by atomic mass is 32.1. The standard InChI is InChI=1S/C23H26N4O3S/c1-26(2)23(29)21-20(17-9-6-12-25-22(17)31-21)18-15-27(13-14-30-18)19(28)10-5-8-16-7-3-4-11-24-16/h3-4,6-7,9,11-12,18H,5,8,10,13-15H2,1-2H3. The predicted octanol–water partition coefficient (Wildman–Crippen LogP) is 3.32. The minimum Gasteiger partial charge on any atom is -0.370 e. The highest BCUT2D eigenvalue weighted by molar-refractivity contribution is 7.20. The van der Waals surface area contributed by atoms with Gasteiger partial charge in [-0.05, 0) is 31.0 Å². The van der Waals surface area contributed by atoms with E-state index in [0.29, 0.717) is 31.0 Å². The maximum absolute atomic E-state index is 12.9. The Hall–Kier alpha value is -2.84. The monoisotopic (exact) mass is 438 g/mol. The lowest BCUT2D eigenvalue weighted by Gasteiger charge is -2.33. The molecule has 8 heteroatoms. The molecule has 0 bridgehead atoms. The molecule has 1 atom stereocenters. The Bertz CT molecular complexity index is 1070. The average Bonchev–Trinajstić information content (AvgIpc) is 3.18. The molecular formula is C23H26N4O3S. The van der Waals surface area contributed by atoms with Gasteiger partial charge in [0, 0.05) is 56.1 Å². The van der Waals surface area contributed by atoms with Crippen molar-refractivity contribution in [2.45, 2.75) is 25.4 Å². The number of ether oxygens (including phenoxy) is 1. The number of aryl methyl sites for hydroxylation is 1. The summed E-state index contributed by atoms with van der Waals surface area (Å²) in [5, 5.41) is 0.923. The average molecular weight is 439 g/mol. The summed E-state index contributed by atoms with van der Waals surface area (Å²) in [5.41, 5.74) is 1.84. The van der Waals surface area contributed by atoms with Gasteiger partial charge in [-0.3, -0.25) is 14.6 Å². The summed E-state index contributed by atoms with van der Waals surface area (Å²) in [6.07, 6.45) is 5.17. The van der Waals surface area contributed by atoms with E-state index in [0.717, 1.165) is 34.3 Å². The van der Waals surface area contributed by atoms with Crippen molar-refractivity contribution >= 4 is 33.4 Å². The molecular weight excluding hydrogens is 412 g/mol. The summed E-state index contributed by atoms with van der Waals surface area (Å²) in [5.74, 6) is 0.0442. The number of thiophene rings is 1. The highest BCUT2D eigenvalue weighted by Crippen LogP contribution is 2.37. The maximum Gasteiger partial charge on any atom is 0.263 e. The number of carbonyl (C=O) groups is 2. The number of morpholine rings is 1. The van der Waals surface area contributed by atoms with Crippen LogP contribution in [0.15, 0.2) is 42.7 Å². The summed E-state index contributed by atoms with van der Waals surface area (Å²) >= 11 is 1.38. The van der Waals surface area contributed by atoms with Gasteiger partial charge in [0.25, 0.3) is 5.91 Å². The number of aromatic nitrogens is 2. The Morgan fingerprint density at radius 3 is 2.81 bits per heavy atom. The molecule has 2 amide bonds. The normalized spacial score (nSPS) is 16.5. The van der Waals surface area contributed by atoms with Crippen LogP contribution in [0.5, 0.6) is 0 Å². The van der Waals surface area contributed by atoms with E-state index in [1.807, 2.05) is 35.2 Å². The molecule has 1 saturated heterocycles. The van der Waals surface area contributed by atoms with Gasteiger partial charge in [-0.1, -0.05) is 12.1 Å². The van der Waals surface area contributed by atoms with Crippen molar-refractivity contribution in [1.82, 2.24) is 19.8 Å². The van der Waals surface area contributed by atoms with E-state index in [4.69, 9.17) is 4.74 Å². The van der Waals surface area contributed by atoms with Gasteiger partial charge in [-0.25, -0.2) is 4.98 Å². The molecule has 3 aromatic heterocycles. The Balaban J connectivity index is 1.49. The molecule has 4 rings (SSSR count). The van der Waals surface area contributed by atoms with Crippen molar-refractivity contribution in [2.24, 2.45) is 0 Å². The van der Waals surface area contributed by atoms with Gasteiger partial charge < -0.3 is 14.5 Å². The molecule has 1 aliphatic heterocycles. The molecule has 0 radical (unpaired) electrons. The zero-order valence-corrected chi connectivity index (χ0v) is 18.6. The van der Waals surface area contributed by atoms with Gasteiger partial charge in [-0.15, -0.1) is 11.3 Å². The van der Waals surface area contributed by atoms with E-state index in [9.17, 15) is 9.59 Å². The lowest BCUT2D eigenvalue weighted by Crippen LogP contribution is -2.42. The fourth-order valence-electron chi connectivity index (χ4n) is 3.81. The topological polar surface area (TPSA) is 75.6 Å². The fourth-order valence-corrected chi connectivity index (χ4v) is 5.02. The molecule has 1 aliphatic rings. The van der Waals surface area contributed by atoms with Crippen LogP contribution in [0, 0.1) is 0 Å². The van der Waals surface area contributed by atoms with Crippen molar-refractivity contribution in [3.05, 3.63) is 58.9 Å². The van der Waals surface area contributed by atoms with E-state index < -0.39 is 0 Å². The van der Waals surface area contributed by atoms with Crippen LogP contribution in [0.2, 0.25) is 0 Å². The highest BCUT2D eigenvalue weighted by Gasteiger charge is 2.32. The Morgan fingerprint density at radius 1 is 1.19 bits per heavy atom. The number of nitrogens with zero attached hydrogens (tertiary/aromatic N) is 4. The van der Waals surface area contributed by atoms with Gasteiger partial charge in [0.15, 0.2) is 0 Å². The van der Waals surface area contributed by atoms with Gasteiger partial charge in [0.2, 0.25) is 5.91 Å². The van der Waals surface area contributed by atoms with Crippen LogP contribution >= 0.6 is 11.3 Å². The zero-order chi connectivity index (χ0) is 21.8. The van der Waals surface area contributed by atoms with E-state index in [1.165, 1.54) is 11.3 Å². The largest absolute Gasteiger partial charge is 0.370 e. The van der Waals surface area contributed by atoms with Gasteiger partial charge in [-0.2, -0.15) is 0 Å². The van der Waals surface area contributed by atoms with Gasteiger partial charge >= 0.3 is 0 Å². The third-order valence-corrected chi connectivity index (χ3v) is 6.51. The molecule has 162 valence electrons. The lowest BCUT2D eigenvalue weighted by molar-refractivity contribution is -0.139. The Kier molecular flexibility index (Phi) is 6.58. The summed E-state index contributed by atoms with van der Waals surface area (Å²) in [6.45, 7) is 1.46. The quantitative estimate of drug-likeness (QED) is 0.590. The minimum absolute atomic E-state index is 0.0691. The first-order valence-corrected chi connectivity index (χ1v) is 11.2. The third kappa shape index (κ3) is 4.75. The number of pyridine rings is 2. The molecule has 1 unspecified atom stereocenters. The number of carbonyl (C=O) groups excluding carboxylic acids is 2. The molecule has 0 saturated carbocycles. The fraction of sp³-hybridized carbons (Fsp3) is 0.391. The van der Waals surface area contributed by atoms with Crippen LogP contribution in [0.25, 0.3) is 10.2 Å². The van der Waals surface area contributed by atoms with Crippen LogP contribution in [-0.2, 0) is 16.0 Å². The van der Waals surface area contributed by atoms with Crippen LogP contribution < -0.4 is 0 Å². The summed E-state index contributed by atoms with van der Waals surface area (Å²) in [6, 6.07) is 9.67. The van der Waals surface area contributed by atoms with E-state index in [-0.39, 0.29) is 17.9 Å². The van der Waals surface area contributed by atoms with E-state index >= 15 is 0 Å². The minimum atomic E-state index is -0.342. The number of hydrogen-bond acceptors (Lipinski definition) is 6. The predicted molar refractivity (Wildman–Crippen MR) is 120 cm³/mol. The third-order valence-electron chi connectivity index (χ3n) is 5.40. The summed E-state index contributed by atoms with van der Waals surface area (Å²) < 4.78 is 6.06. The first-order valence-electron chi connectivity index (χ1n) is 10.4. The number of amides is 2. The van der Waals surface area contributed by atoms with Crippen molar-refractivity contribution < 1.29 is 14.3 Å². The maximum atomic E-state index is 12.9. The van der Waals surface area contributed by atoms with Crippen LogP contribution in [0.1, 0.15) is 39.9 Å². The van der Waals surface area contributed by atoms with Crippen LogP contribution in [-0.4, -0.2) is 65.4 Å². The summed E-state index contributed by atoms with van der Waals surface area (Å²) in [4.78, 5) is 39.3. The molecule has 1 fully saturated rings. The molecule has 0 aliphatic carbocycles. The molecule has 3 aromatic rings. The van der Waals surface area contributed by atoms with Crippen molar-refractivity contribution in [3.63, 3.8) is 0 Å². The molecule has 4 heterocycles. The van der Waals surface area contributed by atoms with Gasteiger partial charge in [0.05, 0.1) is 13.2 Å². The second-order valence-corrected chi connectivity index (χ2v) is 8.77. The van der Waals surface area contributed by atoms with Crippen molar-refractivity contribution in [1.29, 1.82) is 0 Å². The molecule has 7 nitrogen and oxygen atoms in total. The Morgan fingerprint density at radius 2 is 2.03 bits per heavy atom. The molecule has 0 aromatic carbocycles. The summed E-state index contributed by atoms with van der Waals surface area (Å²) in [7, 11) is 3.48. The second kappa shape index (κ2) is 9.53. The molecule has 31 heavy (non-hydrogen) atoms. The molecule has 0 N–H and O–H groups in total. The number of fused-ring (bicyclic) bond motifs is 1. The second-order valence-electron chi connectivity index (χ2n) is 7.77. The van der Waals surface area contributed by atoms with Gasteiger partial charge in [0.1, 0.15) is 15.8 Å². The number of hydrogen-bond donors (Lipinski definition) is 0. The number of rotatable bonds is 6. The van der Waals surface area contributed by atoms with E-state index in [1.54, 1.807) is 31.4 Å². The van der Waals surface area contributed by atoms with Crippen LogP contribution in [0.4, 0.5) is 0 Å². The SMILES string of the molecule is CN(C)C(=O)c1sc2ncccc2c1C1CN(C(=O)CCCc2ccccn2)CCO1. The van der Waals surface area contributed by atoms with E-state index in [2.05, 4.69) is 9.97 Å². The van der Waals surface area contributed by atoms with Crippen molar-refractivity contribution in [3.8, 4) is 0 Å².